The Kier molecular flexibility index (Phi) is 11.4. The van der Waals surface area contributed by atoms with E-state index in [1.165, 1.54) is 25.3 Å². The monoisotopic (exact) mass is 730 g/mol. The molecular formula is C33H27F9N4O5. The number of rotatable bonds is 13. The zero-order valence-corrected chi connectivity index (χ0v) is 26.3. The fourth-order valence-electron chi connectivity index (χ4n) is 4.93. The van der Waals surface area contributed by atoms with E-state index < -0.39 is 65.7 Å². The summed E-state index contributed by atoms with van der Waals surface area (Å²) < 4.78 is 135. The summed E-state index contributed by atoms with van der Waals surface area (Å²) in [6.45, 7) is -1.46. The van der Waals surface area contributed by atoms with Crippen molar-refractivity contribution < 1.29 is 63.7 Å². The first kappa shape index (κ1) is 38.3. The van der Waals surface area contributed by atoms with Crippen molar-refractivity contribution in [1.29, 1.82) is 0 Å². The van der Waals surface area contributed by atoms with E-state index >= 15 is 0 Å². The van der Waals surface area contributed by atoms with Gasteiger partial charge in [-0.05, 0) is 71.6 Å². The topological polar surface area (TPSA) is 128 Å². The first-order valence-corrected chi connectivity index (χ1v) is 14.6. The molecule has 0 atom stereocenters. The highest BCUT2D eigenvalue weighted by Crippen LogP contribution is 2.40. The summed E-state index contributed by atoms with van der Waals surface area (Å²) in [7, 11) is 1.25. The number of carbonyl (C=O) groups excluding carboxylic acids is 1. The van der Waals surface area contributed by atoms with Crippen molar-refractivity contribution in [2.24, 2.45) is 5.73 Å². The number of hydrogen-bond acceptors (Lipinski definition) is 7. The summed E-state index contributed by atoms with van der Waals surface area (Å²) in [6.07, 6.45) is -13.2. The number of carboxylic acid groups (broad SMARTS) is 1. The highest BCUT2D eigenvalue weighted by Gasteiger charge is 2.37. The molecule has 0 fully saturated rings. The third-order valence-corrected chi connectivity index (χ3v) is 7.29. The van der Waals surface area contributed by atoms with Crippen molar-refractivity contribution in [2.45, 2.75) is 44.5 Å². The van der Waals surface area contributed by atoms with Gasteiger partial charge in [0.15, 0.2) is 5.75 Å². The number of anilines is 1. The van der Waals surface area contributed by atoms with Gasteiger partial charge in [0.05, 0.1) is 42.8 Å². The van der Waals surface area contributed by atoms with Gasteiger partial charge in [-0.25, -0.2) is 9.97 Å². The molecule has 0 aliphatic carbocycles. The minimum Gasteiger partial charge on any atom is -0.496 e. The molecule has 9 nitrogen and oxygen atoms in total. The number of primary amides is 1. The second kappa shape index (κ2) is 15.1. The van der Waals surface area contributed by atoms with Crippen molar-refractivity contribution in [3.63, 3.8) is 0 Å². The summed E-state index contributed by atoms with van der Waals surface area (Å²) in [5, 5.41) is 8.79. The largest absolute Gasteiger partial charge is 0.496 e. The second-order valence-corrected chi connectivity index (χ2v) is 11.0. The molecule has 0 saturated carbocycles. The highest BCUT2D eigenvalue weighted by atomic mass is 19.4. The minimum absolute atomic E-state index is 0.0234. The molecular weight excluding hydrogens is 703 g/mol. The van der Waals surface area contributed by atoms with Crippen LogP contribution in [0.3, 0.4) is 0 Å². The lowest BCUT2D eigenvalue weighted by Gasteiger charge is -2.26. The van der Waals surface area contributed by atoms with Crippen LogP contribution in [0.25, 0.3) is 11.1 Å². The summed E-state index contributed by atoms with van der Waals surface area (Å²) in [5.74, 6) is -2.16. The number of alkyl halides is 9. The van der Waals surface area contributed by atoms with Crippen LogP contribution in [0.2, 0.25) is 0 Å². The molecule has 0 aliphatic rings. The zero-order chi connectivity index (χ0) is 37.7. The standard InChI is InChI=1S/C33H27F9N4O5/c1-50-27-7-4-19(29(43)49)12-26(27)25-6-5-21(31(34,35)36)11-20(25)17-46(30-44-14-24(15-45-30)51-8-2-3-28(47)48)16-18-9-22(32(37,38)39)13-23(10-18)33(40,41)42/h4-7,9-15H,2-3,8,16-17H2,1H3,(H2,43,49)(H,47,48). The van der Waals surface area contributed by atoms with E-state index in [-0.39, 0.29) is 65.2 Å². The van der Waals surface area contributed by atoms with Gasteiger partial charge >= 0.3 is 24.5 Å². The molecule has 272 valence electrons. The molecule has 1 aromatic heterocycles. The molecule has 1 amide bonds. The Morgan fingerprint density at radius 2 is 1.39 bits per heavy atom. The molecule has 3 N–H and O–H groups in total. The molecule has 51 heavy (non-hydrogen) atoms. The van der Waals surface area contributed by atoms with Crippen LogP contribution in [0.1, 0.15) is 51.0 Å². The number of methoxy groups -OCH3 is 1. The lowest BCUT2D eigenvalue weighted by Crippen LogP contribution is -2.25. The molecule has 0 radical (unpaired) electrons. The van der Waals surface area contributed by atoms with Crippen LogP contribution in [0.5, 0.6) is 11.5 Å². The van der Waals surface area contributed by atoms with Gasteiger partial charge in [-0.3, -0.25) is 9.59 Å². The molecule has 4 aromatic rings. The summed E-state index contributed by atoms with van der Waals surface area (Å²) in [4.78, 5) is 32.0. The molecule has 0 spiro atoms. The van der Waals surface area contributed by atoms with Crippen molar-refractivity contribution in [3.8, 4) is 22.6 Å². The molecule has 0 unspecified atom stereocenters. The first-order valence-electron chi connectivity index (χ1n) is 14.6. The number of carboxylic acids is 1. The molecule has 0 aliphatic heterocycles. The lowest BCUT2D eigenvalue weighted by atomic mass is 9.94. The van der Waals surface area contributed by atoms with Gasteiger partial charge in [-0.1, -0.05) is 6.07 Å². The van der Waals surface area contributed by atoms with E-state index in [0.29, 0.717) is 12.1 Å². The Bertz CT molecular complexity index is 1850. The van der Waals surface area contributed by atoms with Gasteiger partial charge in [-0.2, -0.15) is 39.5 Å². The van der Waals surface area contributed by atoms with E-state index in [0.717, 1.165) is 35.5 Å². The number of ether oxygens (including phenoxy) is 2. The number of aliphatic carboxylic acids is 1. The zero-order valence-electron chi connectivity index (χ0n) is 26.3. The van der Waals surface area contributed by atoms with Crippen LogP contribution in [0.4, 0.5) is 45.5 Å². The molecule has 0 bridgehead atoms. The number of halogens is 9. The minimum atomic E-state index is -5.19. The quantitative estimate of drug-likeness (QED) is 0.106. The predicted octanol–water partition coefficient (Wildman–Crippen LogP) is 7.76. The van der Waals surface area contributed by atoms with Crippen LogP contribution in [-0.4, -0.2) is 40.7 Å². The molecule has 4 rings (SSSR count). The SMILES string of the molecule is COc1ccc(C(N)=O)cc1-c1ccc(C(F)(F)F)cc1CN(Cc1cc(C(F)(F)F)cc(C(F)(F)F)c1)c1ncc(OCCCC(=O)O)cn1. The number of amides is 1. The smallest absolute Gasteiger partial charge is 0.416 e. The van der Waals surface area contributed by atoms with E-state index in [2.05, 4.69) is 9.97 Å². The number of nitrogens with zero attached hydrogens (tertiary/aromatic N) is 3. The molecule has 3 aromatic carbocycles. The highest BCUT2D eigenvalue weighted by molar-refractivity contribution is 5.95. The summed E-state index contributed by atoms with van der Waals surface area (Å²) in [5.41, 5.74) is 0.444. The maximum absolute atomic E-state index is 14.0. The van der Waals surface area contributed by atoms with Crippen LogP contribution in [-0.2, 0) is 36.4 Å². The summed E-state index contributed by atoms with van der Waals surface area (Å²) in [6, 6.07) is 7.32. The van der Waals surface area contributed by atoms with Crippen LogP contribution in [0.15, 0.2) is 67.0 Å². The Morgan fingerprint density at radius 3 is 1.92 bits per heavy atom. The van der Waals surface area contributed by atoms with Crippen LogP contribution < -0.4 is 20.1 Å². The van der Waals surface area contributed by atoms with Gasteiger partial charge in [0.2, 0.25) is 11.9 Å². The second-order valence-electron chi connectivity index (χ2n) is 11.0. The average molecular weight is 731 g/mol. The van der Waals surface area contributed by atoms with Crippen molar-refractivity contribution >= 4 is 17.8 Å². The average Bonchev–Trinajstić information content (AvgIpc) is 3.05. The third kappa shape index (κ3) is 10.0. The van der Waals surface area contributed by atoms with Crippen molar-refractivity contribution in [1.82, 2.24) is 9.97 Å². The van der Waals surface area contributed by atoms with Crippen molar-refractivity contribution in [2.75, 3.05) is 18.6 Å². The van der Waals surface area contributed by atoms with Crippen molar-refractivity contribution in [3.05, 3.63) is 100 Å². The Hall–Kier alpha value is -5.55. The molecule has 1 heterocycles. The fraction of sp³-hybridized carbons (Fsp3) is 0.273. The number of hydrogen-bond donors (Lipinski definition) is 2. The van der Waals surface area contributed by atoms with Gasteiger partial charge in [-0.15, -0.1) is 0 Å². The van der Waals surface area contributed by atoms with Gasteiger partial charge in [0.1, 0.15) is 5.75 Å². The molecule has 18 heteroatoms. The van der Waals surface area contributed by atoms with E-state index in [1.807, 2.05) is 0 Å². The first-order chi connectivity index (χ1) is 23.8. The van der Waals surface area contributed by atoms with Crippen LogP contribution >= 0.6 is 0 Å². The number of aromatic nitrogens is 2. The summed E-state index contributed by atoms with van der Waals surface area (Å²) >= 11 is 0. The number of nitrogens with two attached hydrogens (primary N) is 1. The predicted molar refractivity (Wildman–Crippen MR) is 163 cm³/mol. The Morgan fingerprint density at radius 1 is 0.784 bits per heavy atom. The van der Waals surface area contributed by atoms with Crippen LogP contribution in [0, 0.1) is 0 Å². The Labute approximate surface area is 283 Å². The van der Waals surface area contributed by atoms with Gasteiger partial charge in [0, 0.05) is 30.6 Å². The van der Waals surface area contributed by atoms with E-state index in [4.69, 9.17) is 20.3 Å². The molecule has 0 saturated heterocycles. The Balaban J connectivity index is 1.88. The number of carbonyl (C=O) groups is 2. The van der Waals surface area contributed by atoms with E-state index in [1.54, 1.807) is 0 Å². The maximum Gasteiger partial charge on any atom is 0.416 e. The fourth-order valence-corrected chi connectivity index (χ4v) is 4.93. The third-order valence-electron chi connectivity index (χ3n) is 7.29. The van der Waals surface area contributed by atoms with E-state index in [9.17, 15) is 49.1 Å². The van der Waals surface area contributed by atoms with Gasteiger partial charge < -0.3 is 25.2 Å². The number of benzene rings is 3. The maximum atomic E-state index is 14.0. The normalized spacial score (nSPS) is 12.0. The van der Waals surface area contributed by atoms with Gasteiger partial charge in [0.25, 0.3) is 0 Å². The lowest BCUT2D eigenvalue weighted by molar-refractivity contribution is -0.143.